The fraction of sp³-hybridized carbons (Fsp3) is 0.154. The molecule has 5 rings (SSSR count). The topological polar surface area (TPSA) is 92.6 Å². The van der Waals surface area contributed by atoms with Crippen molar-refractivity contribution < 1.29 is 19.1 Å². The highest BCUT2D eigenvalue weighted by Crippen LogP contribution is 2.40. The second-order valence-electron chi connectivity index (χ2n) is 8.11. The van der Waals surface area contributed by atoms with E-state index in [1.807, 2.05) is 48.5 Å². The molecule has 1 atom stereocenters. The lowest BCUT2D eigenvalue weighted by atomic mass is 10.1. The van der Waals surface area contributed by atoms with Gasteiger partial charge in [-0.05, 0) is 35.9 Å². The second-order valence-corrected chi connectivity index (χ2v) is 10.4. The summed E-state index contributed by atoms with van der Waals surface area (Å²) in [5.74, 6) is 0.467. The summed E-state index contributed by atoms with van der Waals surface area (Å²) in [5.41, 5.74) is 2.11. The van der Waals surface area contributed by atoms with Gasteiger partial charge >= 0.3 is 5.97 Å². The number of benzene rings is 3. The Hall–Kier alpha value is -3.34. The minimum absolute atomic E-state index is 0.269. The Kier molecular flexibility index (Phi) is 7.23. The molecule has 11 heteroatoms. The number of carbonyl (C=O) groups excluding carboxylic acids is 2. The molecular formula is C26H20BrClN4O4S. The van der Waals surface area contributed by atoms with Crippen molar-refractivity contribution in [3.05, 3.63) is 91.9 Å². The molecule has 3 aromatic rings. The van der Waals surface area contributed by atoms with Gasteiger partial charge in [-0.25, -0.2) is 5.01 Å². The number of esters is 1. The van der Waals surface area contributed by atoms with Crippen LogP contribution in [0.3, 0.4) is 0 Å². The smallest absolute Gasteiger partial charge is 0.308 e. The third-order valence-corrected chi connectivity index (χ3v) is 7.49. The van der Waals surface area contributed by atoms with Crippen LogP contribution in [0.2, 0.25) is 5.02 Å². The quantitative estimate of drug-likeness (QED) is 0.351. The summed E-state index contributed by atoms with van der Waals surface area (Å²) in [6.07, 6.45) is -0.684. The molecule has 0 unspecified atom stereocenters. The first-order valence-corrected chi connectivity index (χ1v) is 13.3. The van der Waals surface area contributed by atoms with Gasteiger partial charge in [-0.2, -0.15) is 0 Å². The lowest BCUT2D eigenvalue weighted by Gasteiger charge is -2.34. The summed E-state index contributed by atoms with van der Waals surface area (Å²) in [5, 5.41) is 11.8. The molecule has 37 heavy (non-hydrogen) atoms. The standard InChI is InChI=1S/C26H20BrClN4O4S/c1-14(33)36-22-12-19(27)18(11-21(22)35-2)24-29-20-6-4-3-5-17(20)23-25(34)30-26(31-32(23)24)37-13-15-7-9-16(28)10-8-15/h3-12,24H,13H2,1-2H3,(H,30,31,34)/t24-/m1/s1. The van der Waals surface area contributed by atoms with E-state index in [9.17, 15) is 9.59 Å². The molecule has 3 aromatic carbocycles. The number of carbonyl (C=O) groups is 2. The summed E-state index contributed by atoms with van der Waals surface area (Å²) in [4.78, 5) is 29.9. The Morgan fingerprint density at radius 2 is 1.92 bits per heavy atom. The molecule has 0 saturated carbocycles. The van der Waals surface area contributed by atoms with Gasteiger partial charge in [0.1, 0.15) is 5.70 Å². The van der Waals surface area contributed by atoms with Crippen molar-refractivity contribution >= 4 is 62.0 Å². The zero-order valence-corrected chi connectivity index (χ0v) is 22.9. The minimum atomic E-state index is -0.684. The number of para-hydroxylation sites is 1. The van der Waals surface area contributed by atoms with Crippen LogP contribution in [-0.2, 0) is 15.3 Å². The zero-order valence-electron chi connectivity index (χ0n) is 19.7. The van der Waals surface area contributed by atoms with Crippen molar-refractivity contribution in [1.82, 2.24) is 10.3 Å². The number of methoxy groups -OCH3 is 1. The molecule has 0 bridgehead atoms. The van der Waals surface area contributed by atoms with Crippen LogP contribution in [0.25, 0.3) is 5.70 Å². The average molecular weight is 600 g/mol. The van der Waals surface area contributed by atoms with Gasteiger partial charge in [-0.1, -0.05) is 69.6 Å². The van der Waals surface area contributed by atoms with Gasteiger partial charge in [-0.3, -0.25) is 19.9 Å². The first kappa shape index (κ1) is 25.3. The highest BCUT2D eigenvalue weighted by atomic mass is 79.9. The fourth-order valence-electron chi connectivity index (χ4n) is 3.97. The predicted octanol–water partition coefficient (Wildman–Crippen LogP) is 4.11. The molecule has 1 amide bonds. The Balaban J connectivity index is 1.58. The number of thioether (sulfide) groups is 1. The van der Waals surface area contributed by atoms with Crippen LogP contribution >= 0.6 is 39.3 Å². The third kappa shape index (κ3) is 5.22. The minimum Gasteiger partial charge on any atom is -0.493 e. The number of amidine groups is 1. The lowest BCUT2D eigenvalue weighted by Crippen LogP contribution is -2.50. The molecule has 0 radical (unpaired) electrons. The number of hydrogen-bond donors (Lipinski definition) is 1. The number of hydrogen-bond acceptors (Lipinski definition) is 8. The summed E-state index contributed by atoms with van der Waals surface area (Å²) in [7, 11) is 1.49. The maximum Gasteiger partial charge on any atom is 0.308 e. The van der Waals surface area contributed by atoms with Crippen LogP contribution < -0.4 is 25.4 Å². The number of amides is 1. The molecule has 2 aliphatic rings. The normalized spacial score (nSPS) is 16.2. The number of hydrazone groups is 1. The van der Waals surface area contributed by atoms with Gasteiger partial charge in [0.25, 0.3) is 5.91 Å². The second kappa shape index (κ2) is 10.6. The predicted molar refractivity (Wildman–Crippen MR) is 146 cm³/mol. The highest BCUT2D eigenvalue weighted by molar-refractivity contribution is 9.10. The SMILES string of the molecule is COc1cc([C@@H]2N=c3ccccc3=C3C(=O)NC(SCc4ccc(Cl)cc4)=NN32)c(Br)cc1OC(C)=O. The first-order valence-electron chi connectivity index (χ1n) is 11.1. The third-order valence-electron chi connectivity index (χ3n) is 5.62. The summed E-state index contributed by atoms with van der Waals surface area (Å²) < 4.78 is 11.4. The Bertz CT molecular complexity index is 1560. The van der Waals surface area contributed by atoms with Crippen LogP contribution in [0, 0.1) is 0 Å². The molecule has 0 aliphatic carbocycles. The van der Waals surface area contributed by atoms with Crippen LogP contribution in [0.15, 0.2) is 75.2 Å². The van der Waals surface area contributed by atoms with E-state index in [-0.39, 0.29) is 11.7 Å². The van der Waals surface area contributed by atoms with Crippen LogP contribution in [0.5, 0.6) is 11.5 Å². The van der Waals surface area contributed by atoms with Gasteiger partial charge in [-0.15, -0.1) is 5.10 Å². The van der Waals surface area contributed by atoms with Crippen LogP contribution in [0.1, 0.15) is 24.2 Å². The summed E-state index contributed by atoms with van der Waals surface area (Å²) in [6, 6.07) is 18.3. The number of fused-ring (bicyclic) bond motifs is 2. The maximum atomic E-state index is 13.4. The molecule has 188 valence electrons. The molecular weight excluding hydrogens is 580 g/mol. The van der Waals surface area contributed by atoms with E-state index in [0.717, 1.165) is 5.56 Å². The number of nitrogens with zero attached hydrogens (tertiary/aromatic N) is 3. The number of rotatable bonds is 5. The Labute approximate surface area is 230 Å². The van der Waals surface area contributed by atoms with Crippen molar-refractivity contribution in [3.63, 3.8) is 0 Å². The average Bonchev–Trinajstić information content (AvgIpc) is 2.87. The van der Waals surface area contributed by atoms with Crippen LogP contribution in [0.4, 0.5) is 0 Å². The molecule has 1 N–H and O–H groups in total. The van der Waals surface area contributed by atoms with Crippen molar-refractivity contribution in [3.8, 4) is 11.5 Å². The number of nitrogens with one attached hydrogen (secondary N) is 1. The number of ether oxygens (including phenoxy) is 2. The fourth-order valence-corrected chi connectivity index (χ4v) is 5.43. The molecule has 0 saturated heterocycles. The lowest BCUT2D eigenvalue weighted by molar-refractivity contribution is -0.132. The largest absolute Gasteiger partial charge is 0.493 e. The van der Waals surface area contributed by atoms with E-state index >= 15 is 0 Å². The van der Waals surface area contributed by atoms with Gasteiger partial charge in [0.15, 0.2) is 22.8 Å². The molecule has 2 heterocycles. The highest BCUT2D eigenvalue weighted by Gasteiger charge is 2.35. The first-order chi connectivity index (χ1) is 17.8. The van der Waals surface area contributed by atoms with Crippen molar-refractivity contribution in [1.29, 1.82) is 0 Å². The Morgan fingerprint density at radius 1 is 1.16 bits per heavy atom. The molecule has 2 aliphatic heterocycles. The van der Waals surface area contributed by atoms with E-state index in [1.54, 1.807) is 17.1 Å². The van der Waals surface area contributed by atoms with Gasteiger partial charge < -0.3 is 9.47 Å². The summed E-state index contributed by atoms with van der Waals surface area (Å²) >= 11 is 11.0. The maximum absolute atomic E-state index is 13.4. The monoisotopic (exact) mass is 598 g/mol. The van der Waals surface area contributed by atoms with Gasteiger partial charge in [0, 0.05) is 33.0 Å². The van der Waals surface area contributed by atoms with Crippen molar-refractivity contribution in [2.45, 2.75) is 18.8 Å². The van der Waals surface area contributed by atoms with E-state index < -0.39 is 12.1 Å². The van der Waals surface area contributed by atoms with E-state index in [1.165, 1.54) is 25.8 Å². The number of halogens is 2. The van der Waals surface area contributed by atoms with Gasteiger partial charge in [0.2, 0.25) is 0 Å². The van der Waals surface area contributed by atoms with Gasteiger partial charge in [0.05, 0.1) is 12.5 Å². The molecule has 0 spiro atoms. The van der Waals surface area contributed by atoms with Crippen molar-refractivity contribution in [2.75, 3.05) is 7.11 Å². The molecule has 8 nitrogen and oxygen atoms in total. The Morgan fingerprint density at radius 3 is 2.65 bits per heavy atom. The van der Waals surface area contributed by atoms with Crippen molar-refractivity contribution in [2.24, 2.45) is 10.1 Å². The van der Waals surface area contributed by atoms with E-state index in [0.29, 0.717) is 48.0 Å². The molecule has 0 fully saturated rings. The van der Waals surface area contributed by atoms with E-state index in [4.69, 9.17) is 31.2 Å². The summed E-state index contributed by atoms with van der Waals surface area (Å²) in [6.45, 7) is 1.32. The molecule has 0 aromatic heterocycles. The van der Waals surface area contributed by atoms with Crippen LogP contribution in [-0.4, -0.2) is 29.2 Å². The zero-order chi connectivity index (χ0) is 26.1. The van der Waals surface area contributed by atoms with E-state index in [2.05, 4.69) is 21.2 Å².